The van der Waals surface area contributed by atoms with Crippen LogP contribution in [0.1, 0.15) is 25.0 Å². The Morgan fingerprint density at radius 2 is 1.93 bits per heavy atom. The molecule has 0 saturated carbocycles. The Kier molecular flexibility index (Phi) is 2.78. The molecule has 1 nitrogen and oxygen atoms in total. The second-order valence-electron chi connectivity index (χ2n) is 4.02. The molecule has 80 valence electrons. The van der Waals surface area contributed by atoms with Crippen molar-refractivity contribution in [2.75, 3.05) is 0 Å². The number of nitrogens with zero attached hydrogens (tertiary/aromatic N) is 1. The molecule has 1 aliphatic rings. The highest BCUT2D eigenvalue weighted by atomic mass is 35.5. The normalized spacial score (nSPS) is 18.3. The molecule has 0 radical (unpaired) electrons. The Morgan fingerprint density at radius 1 is 1.27 bits per heavy atom. The number of benzene rings is 1. The Bertz CT molecular complexity index is 452. The molecule has 0 N–H and O–H groups in total. The van der Waals surface area contributed by atoms with Crippen LogP contribution in [0.4, 0.5) is 0 Å². The van der Waals surface area contributed by atoms with Gasteiger partial charge in [-0.1, -0.05) is 47.1 Å². The molecule has 1 heterocycles. The van der Waals surface area contributed by atoms with Gasteiger partial charge in [0.05, 0.1) is 5.02 Å². The summed E-state index contributed by atoms with van der Waals surface area (Å²) in [7, 11) is 0. The average molecular weight is 260 g/mol. The number of hydrogen-bond acceptors (Lipinski definition) is 2. The van der Waals surface area contributed by atoms with Gasteiger partial charge in [-0.3, -0.25) is 4.99 Å². The SMILES string of the molecule is Cc1ccc2c(c1Cl)SC(C)(C)N=C2Cl. The minimum Gasteiger partial charge on any atom is -0.255 e. The van der Waals surface area contributed by atoms with E-state index in [1.54, 1.807) is 11.8 Å². The highest BCUT2D eigenvalue weighted by Crippen LogP contribution is 2.45. The first-order valence-corrected chi connectivity index (χ1v) is 6.22. The number of fused-ring (bicyclic) bond motifs is 1. The van der Waals surface area contributed by atoms with Crippen molar-refractivity contribution < 1.29 is 0 Å². The zero-order chi connectivity index (χ0) is 11.2. The van der Waals surface area contributed by atoms with E-state index >= 15 is 0 Å². The Hall–Kier alpha value is -0.180. The molecule has 0 spiro atoms. The van der Waals surface area contributed by atoms with Crippen LogP contribution in [0.15, 0.2) is 22.0 Å². The Balaban J connectivity index is 2.65. The monoisotopic (exact) mass is 259 g/mol. The molecule has 0 bridgehead atoms. The quantitative estimate of drug-likeness (QED) is 0.670. The summed E-state index contributed by atoms with van der Waals surface area (Å²) >= 11 is 14.1. The molecule has 4 heteroatoms. The van der Waals surface area contributed by atoms with E-state index in [4.69, 9.17) is 23.2 Å². The summed E-state index contributed by atoms with van der Waals surface area (Å²) in [6.07, 6.45) is 0. The highest BCUT2D eigenvalue weighted by molar-refractivity contribution is 8.01. The number of halogens is 2. The maximum atomic E-state index is 6.27. The smallest absolute Gasteiger partial charge is 0.133 e. The van der Waals surface area contributed by atoms with Crippen LogP contribution >= 0.6 is 35.0 Å². The molecule has 1 aromatic rings. The third kappa shape index (κ3) is 2.03. The van der Waals surface area contributed by atoms with Gasteiger partial charge in [0.15, 0.2) is 0 Å². The van der Waals surface area contributed by atoms with Crippen LogP contribution in [0.25, 0.3) is 0 Å². The summed E-state index contributed by atoms with van der Waals surface area (Å²) in [5, 5.41) is 1.34. The van der Waals surface area contributed by atoms with Crippen LogP contribution in [0.3, 0.4) is 0 Å². The van der Waals surface area contributed by atoms with E-state index in [9.17, 15) is 0 Å². The van der Waals surface area contributed by atoms with E-state index < -0.39 is 0 Å². The molecule has 0 aromatic heterocycles. The van der Waals surface area contributed by atoms with Gasteiger partial charge in [-0.2, -0.15) is 0 Å². The standard InChI is InChI=1S/C11H11Cl2NS/c1-6-4-5-7-9(8(6)12)15-11(2,3)14-10(7)13/h4-5H,1-3H3. The summed E-state index contributed by atoms with van der Waals surface area (Å²) in [4.78, 5) is 5.22. The lowest BCUT2D eigenvalue weighted by molar-refractivity contribution is 0.758. The molecular formula is C11H11Cl2NS. The van der Waals surface area contributed by atoms with Crippen LogP contribution in [-0.4, -0.2) is 10.0 Å². The van der Waals surface area contributed by atoms with Gasteiger partial charge in [-0.05, 0) is 26.3 Å². The van der Waals surface area contributed by atoms with Crippen LogP contribution in [0, 0.1) is 6.92 Å². The topological polar surface area (TPSA) is 12.4 Å². The van der Waals surface area contributed by atoms with Gasteiger partial charge in [-0.25, -0.2) is 0 Å². The summed E-state index contributed by atoms with van der Waals surface area (Å²) in [6.45, 7) is 6.05. The van der Waals surface area contributed by atoms with Gasteiger partial charge in [0, 0.05) is 10.5 Å². The highest BCUT2D eigenvalue weighted by Gasteiger charge is 2.28. The first-order chi connectivity index (χ1) is 6.91. The van der Waals surface area contributed by atoms with Crippen molar-refractivity contribution in [3.05, 3.63) is 28.3 Å². The van der Waals surface area contributed by atoms with Crippen LogP contribution in [0.5, 0.6) is 0 Å². The fourth-order valence-corrected chi connectivity index (χ4v) is 3.40. The Labute approximate surface area is 104 Å². The first kappa shape index (κ1) is 11.3. The van der Waals surface area contributed by atoms with E-state index in [0.717, 1.165) is 21.0 Å². The molecule has 1 aliphatic heterocycles. The molecule has 0 fully saturated rings. The summed E-state index contributed by atoms with van der Waals surface area (Å²) in [5.41, 5.74) is 2.02. The summed E-state index contributed by atoms with van der Waals surface area (Å²) < 4.78 is 0. The van der Waals surface area contributed by atoms with E-state index in [1.165, 1.54) is 0 Å². The minimum atomic E-state index is -0.235. The zero-order valence-electron chi connectivity index (χ0n) is 8.77. The third-order valence-electron chi connectivity index (χ3n) is 2.23. The second-order valence-corrected chi connectivity index (χ2v) is 6.37. The van der Waals surface area contributed by atoms with Crippen molar-refractivity contribution in [1.82, 2.24) is 0 Å². The van der Waals surface area contributed by atoms with Gasteiger partial charge in [0.25, 0.3) is 0 Å². The lowest BCUT2D eigenvalue weighted by Crippen LogP contribution is -2.18. The fourth-order valence-electron chi connectivity index (χ4n) is 1.49. The van der Waals surface area contributed by atoms with Crippen LogP contribution in [-0.2, 0) is 0 Å². The van der Waals surface area contributed by atoms with Crippen molar-refractivity contribution in [3.8, 4) is 0 Å². The van der Waals surface area contributed by atoms with E-state index in [-0.39, 0.29) is 4.87 Å². The molecule has 1 aromatic carbocycles. The molecular weight excluding hydrogens is 249 g/mol. The Morgan fingerprint density at radius 3 is 2.60 bits per heavy atom. The van der Waals surface area contributed by atoms with Crippen LogP contribution in [0.2, 0.25) is 5.02 Å². The second kappa shape index (κ2) is 3.69. The number of rotatable bonds is 0. The van der Waals surface area contributed by atoms with Crippen molar-refractivity contribution in [3.63, 3.8) is 0 Å². The van der Waals surface area contributed by atoms with Gasteiger partial charge < -0.3 is 0 Å². The number of hydrogen-bond donors (Lipinski definition) is 0. The van der Waals surface area contributed by atoms with Gasteiger partial charge in [0.1, 0.15) is 10.0 Å². The molecule has 0 amide bonds. The van der Waals surface area contributed by atoms with E-state index in [2.05, 4.69) is 4.99 Å². The molecule has 15 heavy (non-hydrogen) atoms. The fraction of sp³-hybridized carbons (Fsp3) is 0.364. The molecule has 0 unspecified atom stereocenters. The first-order valence-electron chi connectivity index (χ1n) is 4.64. The molecule has 0 aliphatic carbocycles. The van der Waals surface area contributed by atoms with E-state index in [1.807, 2.05) is 32.9 Å². The lowest BCUT2D eigenvalue weighted by atomic mass is 10.1. The van der Waals surface area contributed by atoms with Gasteiger partial charge >= 0.3 is 0 Å². The van der Waals surface area contributed by atoms with Gasteiger partial charge in [-0.15, -0.1) is 0 Å². The summed E-state index contributed by atoms with van der Waals surface area (Å²) in [5.74, 6) is 0. The molecule has 0 atom stereocenters. The number of aryl methyl sites for hydroxylation is 1. The van der Waals surface area contributed by atoms with Gasteiger partial charge in [0.2, 0.25) is 0 Å². The van der Waals surface area contributed by atoms with Crippen molar-refractivity contribution in [1.29, 1.82) is 0 Å². The maximum Gasteiger partial charge on any atom is 0.133 e. The molecule has 2 rings (SSSR count). The number of aliphatic imine (C=N–C) groups is 1. The van der Waals surface area contributed by atoms with Crippen molar-refractivity contribution in [2.45, 2.75) is 30.5 Å². The summed E-state index contributed by atoms with van der Waals surface area (Å²) in [6, 6.07) is 3.95. The zero-order valence-corrected chi connectivity index (χ0v) is 11.1. The average Bonchev–Trinajstić information content (AvgIpc) is 2.10. The lowest BCUT2D eigenvalue weighted by Gasteiger charge is -2.27. The minimum absolute atomic E-state index is 0.235. The molecule has 0 saturated heterocycles. The van der Waals surface area contributed by atoms with E-state index in [0.29, 0.717) is 5.17 Å². The van der Waals surface area contributed by atoms with Crippen molar-refractivity contribution in [2.24, 2.45) is 4.99 Å². The predicted octanol–water partition coefficient (Wildman–Crippen LogP) is 4.48. The van der Waals surface area contributed by atoms with Crippen LogP contribution < -0.4 is 0 Å². The predicted molar refractivity (Wildman–Crippen MR) is 68.5 cm³/mol. The maximum absolute atomic E-state index is 6.27. The largest absolute Gasteiger partial charge is 0.255 e. The van der Waals surface area contributed by atoms with Crippen molar-refractivity contribution >= 4 is 40.1 Å². The number of thioether (sulfide) groups is 1. The third-order valence-corrected chi connectivity index (χ3v) is 4.34.